The lowest BCUT2D eigenvalue weighted by Crippen LogP contribution is -2.07. The van der Waals surface area contributed by atoms with Gasteiger partial charge in [0.05, 0.1) is 37.9 Å². The number of esters is 2. The van der Waals surface area contributed by atoms with E-state index in [2.05, 4.69) is 0 Å². The molecule has 0 radical (unpaired) electrons. The summed E-state index contributed by atoms with van der Waals surface area (Å²) in [4.78, 5) is 43.6. The maximum atomic E-state index is 11.8. The monoisotopic (exact) mass is 818 g/mol. The predicted octanol–water partition coefficient (Wildman–Crippen LogP) is 5.59. The number of ether oxygens (including phenoxy) is 2. The van der Waals surface area contributed by atoms with Crippen molar-refractivity contribution in [3.05, 3.63) is 0 Å². The molecule has 256 valence electrons. The van der Waals surface area contributed by atoms with Gasteiger partial charge in [-0.2, -0.15) is 0 Å². The summed E-state index contributed by atoms with van der Waals surface area (Å²) in [6.07, 6.45) is 0. The number of hydrogen-bond acceptors (Lipinski definition) is 21. The third-order valence-corrected chi connectivity index (χ3v) is 15.4. The second-order valence-electron chi connectivity index (χ2n) is 6.89. The molecular formula is C22H42O10S11. The summed E-state index contributed by atoms with van der Waals surface area (Å²) >= 11 is 18.0. The molecule has 21 heteroatoms. The smallest absolute Gasteiger partial charge is 0.316 e. The Hall–Kier alpha value is 2.55. The zero-order chi connectivity index (χ0) is 31.3. The molecule has 0 aromatic heterocycles. The van der Waals surface area contributed by atoms with Gasteiger partial charge in [-0.3, -0.25) is 9.59 Å². The van der Waals surface area contributed by atoms with Crippen LogP contribution < -0.4 is 0 Å². The molecule has 0 aromatic rings. The first-order valence-electron chi connectivity index (χ1n) is 12.6. The molecule has 43 heavy (non-hydrogen) atoms. The van der Waals surface area contributed by atoms with Gasteiger partial charge >= 0.3 is 11.9 Å². The van der Waals surface area contributed by atoms with Gasteiger partial charge in [-0.1, -0.05) is 0 Å². The molecule has 10 nitrogen and oxygen atoms in total. The highest BCUT2D eigenvalue weighted by atomic mass is 32.2. The number of carbonyl (C=O) groups excluding carboxylic acids is 2. The normalized spacial score (nSPS) is 11.2. The summed E-state index contributed by atoms with van der Waals surface area (Å²) in [5.41, 5.74) is 0. The standard InChI is InChI=1S/C22H42O10S11/c23-1-5-33-11-27-21(25)9-37-17-41-16-36-8-4-30-32-14-40-20-43-19-39-12-28-22(26)10-38-18-42-15-35-7-3-29-31-13-34-6-2-24/h23-24H,1-20H2. The van der Waals surface area contributed by atoms with E-state index in [4.69, 9.17) is 39.2 Å². The largest absolute Gasteiger partial charge is 0.454 e. The van der Waals surface area contributed by atoms with Crippen LogP contribution in [-0.2, 0) is 38.6 Å². The maximum absolute atomic E-state index is 11.8. The molecule has 0 aromatic carbocycles. The number of aliphatic hydroxyl groups is 2. The maximum Gasteiger partial charge on any atom is 0.316 e. The SMILES string of the molecule is O=C(CSCSCSCCOOCSCSCSCOC(=O)CSCSCSCCOOCSCCO)OCSCCO. The Morgan fingerprint density at radius 1 is 0.419 bits per heavy atom. The van der Waals surface area contributed by atoms with Crippen LogP contribution in [0.2, 0.25) is 0 Å². The Balaban J connectivity index is 3.18. The Labute approximate surface area is 302 Å². The topological polar surface area (TPSA) is 130 Å². The lowest BCUT2D eigenvalue weighted by molar-refractivity contribution is -0.274. The zero-order valence-electron chi connectivity index (χ0n) is 23.8. The highest BCUT2D eigenvalue weighted by Crippen LogP contribution is 2.20. The first kappa shape index (κ1) is 45.6. The van der Waals surface area contributed by atoms with Crippen molar-refractivity contribution in [2.24, 2.45) is 0 Å². The van der Waals surface area contributed by atoms with E-state index in [1.165, 1.54) is 23.5 Å². The summed E-state index contributed by atoms with van der Waals surface area (Å²) in [7, 11) is 0. The predicted molar refractivity (Wildman–Crippen MR) is 202 cm³/mol. The first-order valence-corrected chi connectivity index (χ1v) is 25.3. The number of hydrogen-bond donors (Lipinski definition) is 2. The van der Waals surface area contributed by atoms with Gasteiger partial charge in [-0.15, -0.1) is 129 Å². The van der Waals surface area contributed by atoms with Gasteiger partial charge in [0.2, 0.25) is 0 Å². The zero-order valence-corrected chi connectivity index (χ0v) is 32.8. The van der Waals surface area contributed by atoms with Gasteiger partial charge < -0.3 is 19.7 Å². The Kier molecular flexibility index (Phi) is 43.1. The average Bonchev–Trinajstić information content (AvgIpc) is 3.01. The summed E-state index contributed by atoms with van der Waals surface area (Å²) in [6, 6.07) is 0. The fraction of sp³-hybridized carbons (Fsp3) is 0.909. The first-order chi connectivity index (χ1) is 21.2. The fourth-order valence-electron chi connectivity index (χ4n) is 1.88. The highest BCUT2D eigenvalue weighted by Gasteiger charge is 2.04. The van der Waals surface area contributed by atoms with Crippen LogP contribution in [0.3, 0.4) is 0 Å². The van der Waals surface area contributed by atoms with Crippen molar-refractivity contribution < 1.29 is 48.8 Å². The van der Waals surface area contributed by atoms with Crippen LogP contribution in [0.4, 0.5) is 0 Å². The van der Waals surface area contributed by atoms with E-state index >= 15 is 0 Å². The lowest BCUT2D eigenvalue weighted by Gasteiger charge is -2.06. The van der Waals surface area contributed by atoms with E-state index < -0.39 is 0 Å². The molecule has 0 aliphatic rings. The Morgan fingerprint density at radius 3 is 1.33 bits per heavy atom. The molecule has 0 saturated heterocycles. The van der Waals surface area contributed by atoms with Crippen LogP contribution in [0.15, 0.2) is 0 Å². The van der Waals surface area contributed by atoms with Crippen LogP contribution in [-0.4, -0.2) is 137 Å². The second-order valence-corrected chi connectivity index (χ2v) is 20.2. The second kappa shape index (κ2) is 40.7. The summed E-state index contributed by atoms with van der Waals surface area (Å²) in [5.74, 6) is 4.78. The van der Waals surface area contributed by atoms with Gasteiger partial charge in [0.1, 0.15) is 23.8 Å². The Bertz CT molecular complexity index is 606. The summed E-state index contributed by atoms with van der Waals surface area (Å²) in [6.45, 7) is 1.29. The number of carbonyl (C=O) groups is 2. The summed E-state index contributed by atoms with van der Waals surface area (Å²) < 4.78 is 10.3. The molecule has 0 bridgehead atoms. The van der Waals surface area contributed by atoms with Crippen LogP contribution >= 0.6 is 129 Å². The minimum atomic E-state index is -0.218. The van der Waals surface area contributed by atoms with Crippen molar-refractivity contribution in [2.45, 2.75) is 0 Å². The van der Waals surface area contributed by atoms with Gasteiger partial charge in [-0.05, 0) is 0 Å². The molecule has 0 saturated carbocycles. The Morgan fingerprint density at radius 2 is 0.814 bits per heavy atom. The van der Waals surface area contributed by atoms with Gasteiger partial charge in [0.15, 0.2) is 0 Å². The third kappa shape index (κ3) is 40.6. The minimum absolute atomic E-state index is 0.0915. The van der Waals surface area contributed by atoms with Crippen LogP contribution in [0.1, 0.15) is 0 Å². The van der Waals surface area contributed by atoms with Gasteiger partial charge in [0.25, 0.3) is 0 Å². The molecule has 0 unspecified atom stereocenters. The molecule has 0 rings (SSSR count). The van der Waals surface area contributed by atoms with E-state index in [1.807, 2.05) is 0 Å². The fourth-order valence-corrected chi connectivity index (χ4v) is 11.6. The minimum Gasteiger partial charge on any atom is -0.454 e. The van der Waals surface area contributed by atoms with E-state index in [0.717, 1.165) is 42.0 Å². The van der Waals surface area contributed by atoms with E-state index in [-0.39, 0.29) is 25.2 Å². The van der Waals surface area contributed by atoms with Crippen molar-refractivity contribution in [2.75, 3.05) is 115 Å². The van der Waals surface area contributed by atoms with Crippen molar-refractivity contribution in [1.29, 1.82) is 0 Å². The number of aliphatic hydroxyl groups excluding tert-OH is 2. The molecule has 2 N–H and O–H groups in total. The highest BCUT2D eigenvalue weighted by molar-refractivity contribution is 8.23. The molecule has 0 fully saturated rings. The van der Waals surface area contributed by atoms with E-state index in [0.29, 0.717) is 60.0 Å². The van der Waals surface area contributed by atoms with Crippen molar-refractivity contribution in [3.8, 4) is 0 Å². The van der Waals surface area contributed by atoms with Crippen molar-refractivity contribution in [3.63, 3.8) is 0 Å². The molecule has 0 spiro atoms. The molecule has 0 aliphatic carbocycles. The van der Waals surface area contributed by atoms with Crippen LogP contribution in [0.25, 0.3) is 0 Å². The number of thioether (sulfide) groups is 11. The molecule has 0 amide bonds. The molecular weight excluding hydrogens is 777 g/mol. The molecule has 0 atom stereocenters. The molecule has 0 heterocycles. The van der Waals surface area contributed by atoms with Gasteiger partial charge in [0, 0.05) is 53.5 Å². The lowest BCUT2D eigenvalue weighted by atomic mass is 10.8. The van der Waals surface area contributed by atoms with Crippen LogP contribution in [0, 0.1) is 0 Å². The number of rotatable bonds is 36. The van der Waals surface area contributed by atoms with Crippen LogP contribution in [0.5, 0.6) is 0 Å². The quantitative estimate of drug-likeness (QED) is 0.0268. The van der Waals surface area contributed by atoms with Gasteiger partial charge in [-0.25, -0.2) is 19.6 Å². The van der Waals surface area contributed by atoms with E-state index in [1.54, 1.807) is 106 Å². The average molecular weight is 819 g/mol. The molecule has 0 aliphatic heterocycles. The van der Waals surface area contributed by atoms with E-state index in [9.17, 15) is 9.59 Å². The van der Waals surface area contributed by atoms with Crippen molar-refractivity contribution in [1.82, 2.24) is 0 Å². The third-order valence-electron chi connectivity index (χ3n) is 3.57. The van der Waals surface area contributed by atoms with Crippen molar-refractivity contribution >= 4 is 141 Å². The summed E-state index contributed by atoms with van der Waals surface area (Å²) in [5, 5.41) is 22.6.